The molecule has 0 bridgehead atoms. The molecule has 0 aromatic heterocycles. The summed E-state index contributed by atoms with van der Waals surface area (Å²) >= 11 is 0. The highest BCUT2D eigenvalue weighted by Crippen LogP contribution is 2.34. The van der Waals surface area contributed by atoms with Gasteiger partial charge in [-0.1, -0.05) is 44.3 Å². The number of unbranched alkanes of at least 4 members (excludes halogenated alkanes) is 4. The molecule has 2 N–H and O–H groups in total. The zero-order valence-corrected chi connectivity index (χ0v) is 15.7. The summed E-state index contributed by atoms with van der Waals surface area (Å²) in [5.74, 6) is -3.95. The molecule has 150 valence electrons. The van der Waals surface area contributed by atoms with E-state index in [9.17, 15) is 23.5 Å². The van der Waals surface area contributed by atoms with Crippen LogP contribution in [0.4, 0.5) is 8.78 Å². The summed E-state index contributed by atoms with van der Waals surface area (Å²) in [4.78, 5) is 22.5. The van der Waals surface area contributed by atoms with Crippen molar-refractivity contribution in [2.75, 3.05) is 0 Å². The maximum absolute atomic E-state index is 13.8. The second-order valence-corrected chi connectivity index (χ2v) is 7.26. The van der Waals surface area contributed by atoms with Gasteiger partial charge in [0, 0.05) is 25.2 Å². The van der Waals surface area contributed by atoms with Crippen LogP contribution in [0.25, 0.3) is 0 Å². The first-order valence-electron chi connectivity index (χ1n) is 9.77. The fourth-order valence-electron chi connectivity index (χ4n) is 3.41. The summed E-state index contributed by atoms with van der Waals surface area (Å²) in [7, 11) is 0. The maximum atomic E-state index is 13.8. The zero-order chi connectivity index (χ0) is 19.6. The van der Waals surface area contributed by atoms with Crippen molar-refractivity contribution in [2.45, 2.75) is 96.0 Å². The number of carbonyl (C=O) groups excluding carboxylic acids is 1. The van der Waals surface area contributed by atoms with E-state index in [0.29, 0.717) is 38.5 Å². The third-order valence-corrected chi connectivity index (χ3v) is 5.08. The van der Waals surface area contributed by atoms with Crippen LogP contribution in [-0.4, -0.2) is 34.0 Å². The van der Waals surface area contributed by atoms with Gasteiger partial charge in [0.15, 0.2) is 0 Å². The van der Waals surface area contributed by atoms with Gasteiger partial charge in [-0.2, -0.15) is 0 Å². The van der Waals surface area contributed by atoms with Gasteiger partial charge in [-0.3, -0.25) is 9.59 Å². The summed E-state index contributed by atoms with van der Waals surface area (Å²) in [5.41, 5.74) is 0.880. The Hall–Kier alpha value is -1.30. The molecular weight excluding hydrogens is 342 g/mol. The first-order valence-corrected chi connectivity index (χ1v) is 9.77. The Labute approximate surface area is 154 Å². The number of allylic oxidation sites excluding steroid dienone is 1. The number of alkyl halides is 2. The van der Waals surface area contributed by atoms with Crippen molar-refractivity contribution < 1.29 is 28.6 Å². The van der Waals surface area contributed by atoms with E-state index in [0.717, 1.165) is 24.8 Å². The summed E-state index contributed by atoms with van der Waals surface area (Å²) in [6.07, 6.45) is 5.57. The first-order chi connectivity index (χ1) is 12.3. The van der Waals surface area contributed by atoms with E-state index in [-0.39, 0.29) is 31.0 Å². The molecule has 0 spiro atoms. The number of hydrogen-bond donors (Lipinski definition) is 2. The van der Waals surface area contributed by atoms with E-state index in [1.807, 2.05) is 6.92 Å². The van der Waals surface area contributed by atoms with E-state index in [1.54, 1.807) is 6.08 Å². The lowest BCUT2D eigenvalue weighted by molar-refractivity contribution is -0.137. The molecule has 1 saturated carbocycles. The molecular formula is C20H32F2O4. The second-order valence-electron chi connectivity index (χ2n) is 7.26. The minimum atomic E-state index is -3.09. The molecule has 0 heterocycles. The third kappa shape index (κ3) is 7.94. The number of rotatable bonds is 13. The molecule has 1 fully saturated rings. The van der Waals surface area contributed by atoms with Gasteiger partial charge < -0.3 is 10.2 Å². The molecule has 1 aliphatic rings. The van der Waals surface area contributed by atoms with E-state index in [1.165, 1.54) is 0 Å². The first kappa shape index (κ1) is 22.7. The van der Waals surface area contributed by atoms with Gasteiger partial charge in [0.2, 0.25) is 0 Å². The standard InChI is InChI=1S/C20H32F2O4/c1-2-3-14-20(21,22)18(24)13-11-15-10-12-17(23)16(15)8-6-4-5-7-9-19(25)26/h11,16,18,24H,2-10,12-14H2,1H3,(H,25,26)/b15-11-/t16-,18?/m1/s1. The molecule has 1 aliphatic carbocycles. The predicted octanol–water partition coefficient (Wildman–Crippen LogP) is 4.89. The van der Waals surface area contributed by atoms with E-state index < -0.39 is 18.0 Å². The number of aliphatic hydroxyl groups is 1. The van der Waals surface area contributed by atoms with Gasteiger partial charge in [-0.15, -0.1) is 0 Å². The lowest BCUT2D eigenvalue weighted by atomic mass is 9.93. The average molecular weight is 374 g/mol. The molecule has 0 radical (unpaired) electrons. The van der Waals surface area contributed by atoms with Gasteiger partial charge >= 0.3 is 5.97 Å². The maximum Gasteiger partial charge on any atom is 0.303 e. The van der Waals surface area contributed by atoms with Gasteiger partial charge in [0.05, 0.1) is 0 Å². The number of aliphatic hydroxyl groups excluding tert-OH is 1. The predicted molar refractivity (Wildman–Crippen MR) is 96.2 cm³/mol. The molecule has 0 aromatic carbocycles. The molecule has 4 nitrogen and oxygen atoms in total. The quantitative estimate of drug-likeness (QED) is 0.355. The van der Waals surface area contributed by atoms with Gasteiger partial charge in [0.1, 0.15) is 11.9 Å². The minimum absolute atomic E-state index is 0.117. The zero-order valence-electron chi connectivity index (χ0n) is 15.7. The Bertz CT molecular complexity index is 488. The number of aliphatic carboxylic acids is 1. The van der Waals surface area contributed by atoms with E-state index >= 15 is 0 Å². The van der Waals surface area contributed by atoms with Crippen molar-refractivity contribution >= 4 is 11.8 Å². The lowest BCUT2D eigenvalue weighted by Crippen LogP contribution is -2.33. The summed E-state index contributed by atoms with van der Waals surface area (Å²) in [6.45, 7) is 1.83. The Morgan fingerprint density at radius 2 is 1.92 bits per heavy atom. The highest BCUT2D eigenvalue weighted by atomic mass is 19.3. The van der Waals surface area contributed by atoms with Crippen LogP contribution in [-0.2, 0) is 9.59 Å². The number of carboxylic acid groups (broad SMARTS) is 1. The number of ketones is 1. The normalized spacial score (nSPS) is 20.7. The molecule has 0 saturated heterocycles. The van der Waals surface area contributed by atoms with Crippen molar-refractivity contribution in [1.82, 2.24) is 0 Å². The summed E-state index contributed by atoms with van der Waals surface area (Å²) in [6, 6.07) is 0. The van der Waals surface area contributed by atoms with E-state index in [4.69, 9.17) is 5.11 Å². The molecule has 2 atom stereocenters. The molecule has 0 aliphatic heterocycles. The van der Waals surface area contributed by atoms with Crippen molar-refractivity contribution in [3.05, 3.63) is 11.6 Å². The monoisotopic (exact) mass is 374 g/mol. The summed E-state index contributed by atoms with van der Waals surface area (Å²) in [5, 5.41) is 18.4. The average Bonchev–Trinajstić information content (AvgIpc) is 2.93. The van der Waals surface area contributed by atoms with Crippen LogP contribution in [0.3, 0.4) is 0 Å². The van der Waals surface area contributed by atoms with Crippen LogP contribution in [0.15, 0.2) is 11.6 Å². The Morgan fingerprint density at radius 1 is 1.23 bits per heavy atom. The van der Waals surface area contributed by atoms with Crippen molar-refractivity contribution in [3.8, 4) is 0 Å². The molecule has 1 rings (SSSR count). The molecule has 1 unspecified atom stereocenters. The van der Waals surface area contributed by atoms with Crippen molar-refractivity contribution in [2.24, 2.45) is 5.92 Å². The van der Waals surface area contributed by atoms with Crippen molar-refractivity contribution in [1.29, 1.82) is 0 Å². The lowest BCUT2D eigenvalue weighted by Gasteiger charge is -2.22. The highest BCUT2D eigenvalue weighted by molar-refractivity contribution is 5.87. The molecule has 0 aromatic rings. The fraction of sp³-hybridized carbons (Fsp3) is 0.800. The number of hydrogen-bond acceptors (Lipinski definition) is 3. The van der Waals surface area contributed by atoms with Gasteiger partial charge in [-0.25, -0.2) is 8.78 Å². The fourth-order valence-corrected chi connectivity index (χ4v) is 3.41. The van der Waals surface area contributed by atoms with Crippen molar-refractivity contribution in [3.63, 3.8) is 0 Å². The minimum Gasteiger partial charge on any atom is -0.481 e. The van der Waals surface area contributed by atoms with Gasteiger partial charge in [0.25, 0.3) is 5.92 Å². The van der Waals surface area contributed by atoms with Gasteiger partial charge in [-0.05, 0) is 32.1 Å². The molecule has 6 heteroatoms. The largest absolute Gasteiger partial charge is 0.481 e. The highest BCUT2D eigenvalue weighted by Gasteiger charge is 2.37. The molecule has 26 heavy (non-hydrogen) atoms. The summed E-state index contributed by atoms with van der Waals surface area (Å²) < 4.78 is 27.7. The number of Topliss-reactive ketones (excluding diaryl/α,β-unsaturated/α-hetero) is 1. The number of halogens is 2. The third-order valence-electron chi connectivity index (χ3n) is 5.08. The van der Waals surface area contributed by atoms with Crippen LogP contribution >= 0.6 is 0 Å². The van der Waals surface area contributed by atoms with Crippen LogP contribution in [0, 0.1) is 5.92 Å². The second kappa shape index (κ2) is 11.4. The van der Waals surface area contributed by atoms with E-state index in [2.05, 4.69) is 0 Å². The number of carboxylic acids is 1. The topological polar surface area (TPSA) is 74.6 Å². The Balaban J connectivity index is 2.44. The van der Waals surface area contributed by atoms with Crippen LogP contribution < -0.4 is 0 Å². The smallest absolute Gasteiger partial charge is 0.303 e. The number of carbonyl (C=O) groups is 2. The van der Waals surface area contributed by atoms with Crippen LogP contribution in [0.1, 0.15) is 84.0 Å². The van der Waals surface area contributed by atoms with Crippen LogP contribution in [0.2, 0.25) is 0 Å². The van der Waals surface area contributed by atoms with Crippen LogP contribution in [0.5, 0.6) is 0 Å². The SMILES string of the molecule is CCCCC(F)(F)C(O)C/C=C1/CCC(=O)[C@@H]1CCCCCCC(=O)O. The molecule has 0 amide bonds. The Morgan fingerprint density at radius 3 is 2.58 bits per heavy atom. The Kier molecular flexibility index (Phi) is 9.99.